The van der Waals surface area contributed by atoms with Gasteiger partial charge in [0.1, 0.15) is 5.75 Å². The molecule has 5 heteroatoms. The molecular weight excluding hydrogens is 350 g/mol. The molecule has 0 spiro atoms. The highest BCUT2D eigenvalue weighted by Crippen LogP contribution is 2.41. The van der Waals surface area contributed by atoms with Crippen molar-refractivity contribution in [1.29, 1.82) is 0 Å². The molecule has 2 heterocycles. The van der Waals surface area contributed by atoms with Gasteiger partial charge < -0.3 is 10.0 Å². The molecule has 5 nitrogen and oxygen atoms in total. The first kappa shape index (κ1) is 17.0. The molecule has 0 atom stereocenters. The molecule has 0 unspecified atom stereocenters. The van der Waals surface area contributed by atoms with Gasteiger partial charge in [-0.3, -0.25) is 9.89 Å². The Labute approximate surface area is 164 Å². The second-order valence-electron chi connectivity index (χ2n) is 7.76. The highest BCUT2D eigenvalue weighted by Gasteiger charge is 2.31. The van der Waals surface area contributed by atoms with Gasteiger partial charge in [-0.1, -0.05) is 24.3 Å². The van der Waals surface area contributed by atoms with E-state index in [0.717, 1.165) is 30.5 Å². The van der Waals surface area contributed by atoms with Crippen LogP contribution in [0.15, 0.2) is 48.5 Å². The van der Waals surface area contributed by atoms with Crippen LogP contribution in [0.4, 0.5) is 0 Å². The Kier molecular flexibility index (Phi) is 4.15. The van der Waals surface area contributed by atoms with E-state index in [1.165, 1.54) is 29.8 Å². The topological polar surface area (TPSA) is 69.2 Å². The maximum atomic E-state index is 13.2. The van der Waals surface area contributed by atoms with Gasteiger partial charge in [0.05, 0.1) is 5.69 Å². The van der Waals surface area contributed by atoms with E-state index >= 15 is 0 Å². The van der Waals surface area contributed by atoms with Crippen molar-refractivity contribution >= 4 is 5.91 Å². The molecule has 1 aliphatic heterocycles. The van der Waals surface area contributed by atoms with E-state index in [1.54, 1.807) is 12.1 Å². The van der Waals surface area contributed by atoms with E-state index < -0.39 is 0 Å². The van der Waals surface area contributed by atoms with Gasteiger partial charge in [-0.15, -0.1) is 0 Å². The first-order valence-electron chi connectivity index (χ1n) is 9.94. The fourth-order valence-electron chi connectivity index (χ4n) is 4.07. The van der Waals surface area contributed by atoms with Gasteiger partial charge in [-0.2, -0.15) is 5.10 Å². The fourth-order valence-corrected chi connectivity index (χ4v) is 4.07. The number of phenolic OH excluding ortho intramolecular Hbond substituents is 1. The quantitative estimate of drug-likeness (QED) is 0.732. The molecule has 2 aromatic carbocycles. The number of hydrogen-bond donors (Lipinski definition) is 2. The maximum absolute atomic E-state index is 13.2. The largest absolute Gasteiger partial charge is 0.508 e. The molecule has 0 saturated heterocycles. The number of carbonyl (C=O) groups excluding carboxylic acids is 1. The van der Waals surface area contributed by atoms with Gasteiger partial charge in [-0.05, 0) is 60.2 Å². The van der Waals surface area contributed by atoms with Crippen molar-refractivity contribution in [3.63, 3.8) is 0 Å². The number of nitrogens with zero attached hydrogens (tertiary/aromatic N) is 2. The Morgan fingerprint density at radius 3 is 2.61 bits per heavy atom. The van der Waals surface area contributed by atoms with Crippen LogP contribution < -0.4 is 0 Å². The summed E-state index contributed by atoms with van der Waals surface area (Å²) in [6, 6.07) is 14.8. The molecule has 1 fully saturated rings. The number of H-pyrrole nitrogens is 1. The molecular formula is C23H23N3O2. The number of amides is 1. The zero-order valence-electron chi connectivity index (χ0n) is 15.7. The van der Waals surface area contributed by atoms with Crippen LogP contribution in [0.3, 0.4) is 0 Å². The summed E-state index contributed by atoms with van der Waals surface area (Å²) in [7, 11) is 0. The molecule has 1 saturated carbocycles. The predicted molar refractivity (Wildman–Crippen MR) is 107 cm³/mol. The Bertz CT molecular complexity index is 1020. The Hall–Kier alpha value is -3.08. The lowest BCUT2D eigenvalue weighted by atomic mass is 10.0. The lowest BCUT2D eigenvalue weighted by molar-refractivity contribution is 0.0762. The molecule has 2 aliphatic rings. The second-order valence-corrected chi connectivity index (χ2v) is 7.76. The van der Waals surface area contributed by atoms with Crippen molar-refractivity contribution in [1.82, 2.24) is 15.1 Å². The molecule has 3 aromatic rings. The van der Waals surface area contributed by atoms with Crippen LogP contribution in [0.1, 0.15) is 46.1 Å². The summed E-state index contributed by atoms with van der Waals surface area (Å²) in [5.41, 5.74) is 6.45. The smallest absolute Gasteiger partial charge is 0.253 e. The van der Waals surface area contributed by atoms with E-state index in [1.807, 2.05) is 41.3 Å². The van der Waals surface area contributed by atoms with E-state index in [2.05, 4.69) is 10.2 Å². The number of phenols is 1. The molecule has 0 radical (unpaired) electrons. The summed E-state index contributed by atoms with van der Waals surface area (Å²) in [4.78, 5) is 15.1. The molecule has 1 aliphatic carbocycles. The minimum Gasteiger partial charge on any atom is -0.508 e. The SMILES string of the molecule is O=C(c1cccc(-c2ccc(O)cc2)c1)N1CCc2[nH]nc(C3CC3)c2CC1. The summed E-state index contributed by atoms with van der Waals surface area (Å²) < 4.78 is 0. The first-order chi connectivity index (χ1) is 13.7. The van der Waals surface area contributed by atoms with E-state index in [0.29, 0.717) is 18.0 Å². The zero-order valence-corrected chi connectivity index (χ0v) is 15.7. The standard InChI is InChI=1S/C23H23N3O2/c27-19-8-6-15(7-9-19)17-2-1-3-18(14-17)23(28)26-12-10-20-21(11-13-26)24-25-22(20)16-4-5-16/h1-3,6-9,14,16,27H,4-5,10-13H2,(H,24,25). The van der Waals surface area contributed by atoms with Crippen LogP contribution in [-0.2, 0) is 12.8 Å². The highest BCUT2D eigenvalue weighted by molar-refractivity contribution is 5.95. The van der Waals surface area contributed by atoms with Crippen LogP contribution in [0.5, 0.6) is 5.75 Å². The number of aromatic amines is 1. The molecule has 28 heavy (non-hydrogen) atoms. The van der Waals surface area contributed by atoms with Crippen molar-refractivity contribution in [2.24, 2.45) is 0 Å². The van der Waals surface area contributed by atoms with Crippen molar-refractivity contribution in [2.75, 3.05) is 13.1 Å². The Morgan fingerprint density at radius 1 is 1.04 bits per heavy atom. The van der Waals surface area contributed by atoms with Crippen LogP contribution in [0.2, 0.25) is 0 Å². The van der Waals surface area contributed by atoms with Crippen molar-refractivity contribution in [3.8, 4) is 16.9 Å². The van der Waals surface area contributed by atoms with Gasteiger partial charge in [0.15, 0.2) is 0 Å². The molecule has 142 valence electrons. The number of benzene rings is 2. The number of nitrogens with one attached hydrogen (secondary N) is 1. The van der Waals surface area contributed by atoms with Gasteiger partial charge in [0.25, 0.3) is 5.91 Å². The van der Waals surface area contributed by atoms with Gasteiger partial charge >= 0.3 is 0 Å². The molecule has 2 N–H and O–H groups in total. The monoisotopic (exact) mass is 373 g/mol. The van der Waals surface area contributed by atoms with Crippen LogP contribution in [-0.4, -0.2) is 39.2 Å². The van der Waals surface area contributed by atoms with Gasteiger partial charge in [0, 0.05) is 36.7 Å². The summed E-state index contributed by atoms with van der Waals surface area (Å²) in [6.07, 6.45) is 4.19. The van der Waals surface area contributed by atoms with E-state index in [9.17, 15) is 9.90 Å². The normalized spacial score (nSPS) is 16.5. The molecule has 1 aromatic heterocycles. The maximum Gasteiger partial charge on any atom is 0.253 e. The molecule has 1 amide bonds. The first-order valence-corrected chi connectivity index (χ1v) is 9.94. The third-order valence-corrected chi connectivity index (χ3v) is 5.81. The third kappa shape index (κ3) is 3.17. The minimum absolute atomic E-state index is 0.0757. The zero-order chi connectivity index (χ0) is 19.1. The minimum atomic E-state index is 0.0757. The predicted octanol–water partition coefficient (Wildman–Crippen LogP) is 3.90. The van der Waals surface area contributed by atoms with Crippen molar-refractivity contribution in [2.45, 2.75) is 31.6 Å². The summed E-state index contributed by atoms with van der Waals surface area (Å²) in [6.45, 7) is 1.44. The Morgan fingerprint density at radius 2 is 1.82 bits per heavy atom. The van der Waals surface area contributed by atoms with Gasteiger partial charge in [0.2, 0.25) is 0 Å². The highest BCUT2D eigenvalue weighted by atomic mass is 16.3. The summed E-state index contributed by atoms with van der Waals surface area (Å²) in [5, 5.41) is 17.2. The number of hydrogen-bond acceptors (Lipinski definition) is 3. The lowest BCUT2D eigenvalue weighted by Crippen LogP contribution is -2.33. The third-order valence-electron chi connectivity index (χ3n) is 5.81. The van der Waals surface area contributed by atoms with Crippen molar-refractivity contribution in [3.05, 3.63) is 71.0 Å². The van der Waals surface area contributed by atoms with Crippen LogP contribution >= 0.6 is 0 Å². The van der Waals surface area contributed by atoms with Crippen LogP contribution in [0.25, 0.3) is 11.1 Å². The number of carbonyl (C=O) groups is 1. The van der Waals surface area contributed by atoms with E-state index in [4.69, 9.17) is 0 Å². The average Bonchev–Trinajstić information content (AvgIpc) is 3.53. The van der Waals surface area contributed by atoms with Crippen LogP contribution in [0, 0.1) is 0 Å². The van der Waals surface area contributed by atoms with Gasteiger partial charge in [-0.25, -0.2) is 0 Å². The second kappa shape index (κ2) is 6.82. The van der Waals surface area contributed by atoms with E-state index in [-0.39, 0.29) is 11.7 Å². The molecule has 5 rings (SSSR count). The number of aromatic nitrogens is 2. The number of fused-ring (bicyclic) bond motifs is 1. The summed E-state index contributed by atoms with van der Waals surface area (Å²) >= 11 is 0. The Balaban J connectivity index is 1.35. The number of rotatable bonds is 3. The fraction of sp³-hybridized carbons (Fsp3) is 0.304. The average molecular weight is 373 g/mol. The lowest BCUT2D eigenvalue weighted by Gasteiger charge is -2.20. The summed E-state index contributed by atoms with van der Waals surface area (Å²) in [5.74, 6) is 0.944. The number of aromatic hydroxyl groups is 1. The molecule has 0 bridgehead atoms. The van der Waals surface area contributed by atoms with Crippen molar-refractivity contribution < 1.29 is 9.90 Å².